The predicted octanol–water partition coefficient (Wildman–Crippen LogP) is 4.20. The summed E-state index contributed by atoms with van der Waals surface area (Å²) in [4.78, 5) is 43.2. The van der Waals surface area contributed by atoms with Crippen molar-refractivity contribution in [2.24, 2.45) is 0 Å². The van der Waals surface area contributed by atoms with Crippen molar-refractivity contribution in [3.8, 4) is 11.5 Å². The lowest BCUT2D eigenvalue weighted by Gasteiger charge is -2.35. The van der Waals surface area contributed by atoms with Gasteiger partial charge in [-0.3, -0.25) is 14.4 Å². The number of carbonyl (C=O) groups is 3. The first kappa shape index (κ1) is 22.8. The first-order valence-electron chi connectivity index (χ1n) is 11.5. The Morgan fingerprint density at radius 3 is 2.21 bits per heavy atom. The van der Waals surface area contributed by atoms with E-state index in [-0.39, 0.29) is 30.2 Å². The number of methoxy groups -OCH3 is 2. The number of rotatable bonds is 6. The van der Waals surface area contributed by atoms with Crippen molar-refractivity contribution in [2.45, 2.75) is 57.0 Å². The van der Waals surface area contributed by atoms with E-state index in [1.807, 2.05) is 0 Å². The average molecular weight is 451 g/mol. The topological polar surface area (TPSA) is 76.2 Å². The van der Waals surface area contributed by atoms with Gasteiger partial charge in [0.1, 0.15) is 17.5 Å². The molecule has 2 fully saturated rings. The first-order chi connectivity index (χ1) is 16.0. The molecule has 0 radical (unpaired) electrons. The molecule has 1 aliphatic carbocycles. The normalized spacial score (nSPS) is 19.3. The molecule has 2 aromatic carbocycles. The summed E-state index contributed by atoms with van der Waals surface area (Å²) >= 11 is 0. The maximum Gasteiger partial charge on any atom is 0.257 e. The lowest BCUT2D eigenvalue weighted by molar-refractivity contribution is -0.123. The lowest BCUT2D eigenvalue weighted by atomic mass is 10.0. The van der Waals surface area contributed by atoms with Gasteiger partial charge in [-0.25, -0.2) is 4.90 Å². The predicted molar refractivity (Wildman–Crippen MR) is 125 cm³/mol. The number of amides is 3. The van der Waals surface area contributed by atoms with E-state index in [0.717, 1.165) is 38.5 Å². The summed E-state index contributed by atoms with van der Waals surface area (Å²) in [7, 11) is 3.12. The van der Waals surface area contributed by atoms with Crippen LogP contribution in [0.1, 0.15) is 55.3 Å². The molecule has 1 atom stereocenters. The van der Waals surface area contributed by atoms with Gasteiger partial charge in [-0.15, -0.1) is 0 Å². The van der Waals surface area contributed by atoms with Gasteiger partial charge in [-0.2, -0.15) is 0 Å². The Balaban J connectivity index is 1.67. The molecular formula is C26H30N2O5. The second-order valence-electron chi connectivity index (χ2n) is 8.58. The molecule has 0 bridgehead atoms. The number of benzene rings is 2. The van der Waals surface area contributed by atoms with Crippen LogP contribution in [0, 0.1) is 0 Å². The highest BCUT2D eigenvalue weighted by Gasteiger charge is 2.46. The second-order valence-corrected chi connectivity index (χ2v) is 8.58. The molecule has 1 saturated heterocycles. The molecule has 1 aliphatic heterocycles. The smallest absolute Gasteiger partial charge is 0.257 e. The molecule has 3 amide bonds. The number of nitrogens with zero attached hydrogens (tertiary/aromatic N) is 2. The van der Waals surface area contributed by atoms with E-state index < -0.39 is 6.04 Å². The van der Waals surface area contributed by atoms with Crippen LogP contribution in [-0.2, 0) is 9.59 Å². The Kier molecular flexibility index (Phi) is 6.96. The zero-order valence-corrected chi connectivity index (χ0v) is 19.2. The molecule has 0 aromatic heterocycles. The zero-order chi connectivity index (χ0) is 23.4. The number of imide groups is 1. The molecule has 2 aliphatic rings. The number of hydrogen-bond acceptors (Lipinski definition) is 5. The van der Waals surface area contributed by atoms with Crippen molar-refractivity contribution >= 4 is 23.4 Å². The van der Waals surface area contributed by atoms with Crippen LogP contribution in [0.15, 0.2) is 48.5 Å². The standard InChI is InChI=1S/C26H30N2O5/c1-32-21-14-12-20(13-15-21)28-24(29)17-23(26(28)31)27(19-9-5-3-4-6-10-19)25(30)18-8-7-11-22(16-18)33-2/h7-8,11-16,19,23H,3-6,9-10,17H2,1-2H3. The Morgan fingerprint density at radius 1 is 0.909 bits per heavy atom. The highest BCUT2D eigenvalue weighted by Crippen LogP contribution is 2.32. The summed E-state index contributed by atoms with van der Waals surface area (Å²) in [5.74, 6) is 0.333. The molecule has 174 valence electrons. The minimum absolute atomic E-state index is 0.0168. The maximum atomic E-state index is 13.8. The molecular weight excluding hydrogens is 420 g/mol. The summed E-state index contributed by atoms with van der Waals surface area (Å²) in [5, 5.41) is 0. The lowest BCUT2D eigenvalue weighted by Crippen LogP contribution is -2.50. The fourth-order valence-corrected chi connectivity index (χ4v) is 4.84. The highest BCUT2D eigenvalue weighted by atomic mass is 16.5. The SMILES string of the molecule is COc1ccc(N2C(=O)CC(N(C(=O)c3cccc(OC)c3)C3CCCCCC3)C2=O)cc1. The number of hydrogen-bond donors (Lipinski definition) is 0. The van der Waals surface area contributed by atoms with Gasteiger partial charge < -0.3 is 14.4 Å². The molecule has 7 nitrogen and oxygen atoms in total. The minimum Gasteiger partial charge on any atom is -0.497 e. The second kappa shape index (κ2) is 10.1. The average Bonchev–Trinajstić information content (AvgIpc) is 3.01. The van der Waals surface area contributed by atoms with Crippen molar-refractivity contribution in [3.05, 3.63) is 54.1 Å². The molecule has 4 rings (SSSR count). The molecule has 1 heterocycles. The summed E-state index contributed by atoms with van der Waals surface area (Å²) in [6.07, 6.45) is 5.89. The van der Waals surface area contributed by atoms with E-state index in [9.17, 15) is 14.4 Å². The Morgan fingerprint density at radius 2 is 1.58 bits per heavy atom. The Bertz CT molecular complexity index is 1010. The molecule has 0 N–H and O–H groups in total. The van der Waals surface area contributed by atoms with Gasteiger partial charge >= 0.3 is 0 Å². The molecule has 0 spiro atoms. The van der Waals surface area contributed by atoms with Crippen molar-refractivity contribution in [2.75, 3.05) is 19.1 Å². The first-order valence-corrected chi connectivity index (χ1v) is 11.5. The fraction of sp³-hybridized carbons (Fsp3) is 0.423. The number of ether oxygens (including phenoxy) is 2. The van der Waals surface area contributed by atoms with Crippen molar-refractivity contribution in [1.29, 1.82) is 0 Å². The van der Waals surface area contributed by atoms with Crippen molar-refractivity contribution in [3.63, 3.8) is 0 Å². The van der Waals surface area contributed by atoms with Gasteiger partial charge in [0.05, 0.1) is 26.3 Å². The third-order valence-corrected chi connectivity index (χ3v) is 6.56. The van der Waals surface area contributed by atoms with E-state index in [4.69, 9.17) is 9.47 Å². The third kappa shape index (κ3) is 4.72. The van der Waals surface area contributed by atoms with Gasteiger partial charge in [0, 0.05) is 11.6 Å². The highest BCUT2D eigenvalue weighted by molar-refractivity contribution is 6.23. The van der Waals surface area contributed by atoms with E-state index in [0.29, 0.717) is 22.7 Å². The van der Waals surface area contributed by atoms with Crippen LogP contribution in [0.5, 0.6) is 11.5 Å². The number of anilines is 1. The van der Waals surface area contributed by atoms with Gasteiger partial charge in [0.2, 0.25) is 5.91 Å². The molecule has 1 unspecified atom stereocenters. The van der Waals surface area contributed by atoms with E-state index in [1.165, 1.54) is 4.90 Å². The summed E-state index contributed by atoms with van der Waals surface area (Å²) < 4.78 is 10.5. The number of carbonyl (C=O) groups excluding carboxylic acids is 3. The molecule has 1 saturated carbocycles. The quantitative estimate of drug-likeness (QED) is 0.487. The maximum absolute atomic E-state index is 13.8. The van der Waals surface area contributed by atoms with E-state index in [2.05, 4.69) is 0 Å². The Labute approximate surface area is 194 Å². The van der Waals surface area contributed by atoms with Gasteiger partial charge in [-0.1, -0.05) is 31.7 Å². The van der Waals surface area contributed by atoms with Gasteiger partial charge in [-0.05, 0) is 55.3 Å². The Hall–Kier alpha value is -3.35. The monoisotopic (exact) mass is 450 g/mol. The van der Waals surface area contributed by atoms with Crippen LogP contribution >= 0.6 is 0 Å². The van der Waals surface area contributed by atoms with Gasteiger partial charge in [0.15, 0.2) is 0 Å². The van der Waals surface area contributed by atoms with Crippen LogP contribution in [0.25, 0.3) is 0 Å². The van der Waals surface area contributed by atoms with Gasteiger partial charge in [0.25, 0.3) is 11.8 Å². The summed E-state index contributed by atoms with van der Waals surface area (Å²) in [5.41, 5.74) is 0.949. The zero-order valence-electron chi connectivity index (χ0n) is 19.2. The van der Waals surface area contributed by atoms with E-state index >= 15 is 0 Å². The third-order valence-electron chi connectivity index (χ3n) is 6.56. The van der Waals surface area contributed by atoms with E-state index in [1.54, 1.807) is 67.7 Å². The fourth-order valence-electron chi connectivity index (χ4n) is 4.84. The molecule has 7 heteroatoms. The van der Waals surface area contributed by atoms with Crippen LogP contribution in [-0.4, -0.2) is 48.9 Å². The molecule has 33 heavy (non-hydrogen) atoms. The van der Waals surface area contributed by atoms with Crippen molar-refractivity contribution < 1.29 is 23.9 Å². The summed E-state index contributed by atoms with van der Waals surface area (Å²) in [6, 6.07) is 12.9. The van der Waals surface area contributed by atoms with Crippen LogP contribution in [0.4, 0.5) is 5.69 Å². The van der Waals surface area contributed by atoms with Crippen molar-refractivity contribution in [1.82, 2.24) is 4.90 Å². The van der Waals surface area contributed by atoms with Crippen LogP contribution in [0.3, 0.4) is 0 Å². The van der Waals surface area contributed by atoms with Crippen LogP contribution < -0.4 is 14.4 Å². The summed E-state index contributed by atoms with van der Waals surface area (Å²) in [6.45, 7) is 0. The van der Waals surface area contributed by atoms with Crippen LogP contribution in [0.2, 0.25) is 0 Å². The minimum atomic E-state index is -0.818. The largest absolute Gasteiger partial charge is 0.497 e. The molecule has 2 aromatic rings.